The van der Waals surface area contributed by atoms with Crippen LogP contribution in [0.1, 0.15) is 27.2 Å². The molecule has 2 rings (SSSR count). The quantitative estimate of drug-likeness (QED) is 0.686. The second kappa shape index (κ2) is 5.58. The summed E-state index contributed by atoms with van der Waals surface area (Å²) in [5.74, 6) is 2.60. The summed E-state index contributed by atoms with van der Waals surface area (Å²) < 4.78 is 5.41. The minimum absolute atomic E-state index is 0.262. The Bertz CT molecular complexity index is 494. The number of hydrogen-bond acceptors (Lipinski definition) is 4. The molecule has 5 heteroatoms. The summed E-state index contributed by atoms with van der Waals surface area (Å²) >= 11 is 0. The molecule has 20 heavy (non-hydrogen) atoms. The van der Waals surface area contributed by atoms with Crippen LogP contribution in [0.15, 0.2) is 16.3 Å². The molecule has 0 radical (unpaired) electrons. The van der Waals surface area contributed by atoms with E-state index in [2.05, 4.69) is 10.9 Å². The smallest absolute Gasteiger partial charge is 0.410 e. The molecule has 0 N–H and O–H groups in total. The van der Waals surface area contributed by atoms with E-state index in [0.717, 1.165) is 24.2 Å². The summed E-state index contributed by atoms with van der Waals surface area (Å²) in [6.07, 6.45) is 7.62. The molecular weight excluding hydrogens is 254 g/mol. The van der Waals surface area contributed by atoms with Gasteiger partial charge in [0.2, 0.25) is 0 Å². The van der Waals surface area contributed by atoms with Gasteiger partial charge >= 0.3 is 6.09 Å². The zero-order valence-corrected chi connectivity index (χ0v) is 12.3. The minimum atomic E-state index is -0.466. The van der Waals surface area contributed by atoms with Crippen LogP contribution < -0.4 is 0 Å². The molecule has 0 saturated heterocycles. The first-order valence-electron chi connectivity index (χ1n) is 6.79. The lowest BCUT2D eigenvalue weighted by Crippen LogP contribution is -2.43. The highest BCUT2D eigenvalue weighted by Crippen LogP contribution is 2.23. The number of amides is 1. The fourth-order valence-corrected chi connectivity index (χ4v) is 2.25. The predicted molar refractivity (Wildman–Crippen MR) is 78.3 cm³/mol. The van der Waals surface area contributed by atoms with E-state index in [1.54, 1.807) is 11.2 Å². The topological polar surface area (TPSA) is 45.1 Å². The molecular formula is C15H21N3O2. The summed E-state index contributed by atoms with van der Waals surface area (Å²) in [4.78, 5) is 20.2. The maximum atomic E-state index is 12.1. The average molecular weight is 275 g/mol. The zero-order chi connectivity index (χ0) is 14.8. The average Bonchev–Trinajstić information content (AvgIpc) is 2.36. The van der Waals surface area contributed by atoms with Crippen LogP contribution in [0.3, 0.4) is 0 Å². The molecule has 2 heterocycles. The molecule has 2 aliphatic heterocycles. The van der Waals surface area contributed by atoms with Gasteiger partial charge in [0.15, 0.2) is 0 Å². The van der Waals surface area contributed by atoms with Gasteiger partial charge in [0, 0.05) is 31.8 Å². The molecule has 0 aliphatic carbocycles. The number of hydrogen-bond donors (Lipinski definition) is 0. The Hall–Kier alpha value is -1.96. The standard InChI is InChI=1S/C15H21N3O2/c1-5-7-17-9-12-10-18(8-6-13(12)16-11-17)14(19)20-15(2,3)4/h1,11H,6-10H2,2-4H3. The van der Waals surface area contributed by atoms with Crippen molar-refractivity contribution in [3.8, 4) is 12.3 Å². The van der Waals surface area contributed by atoms with Crippen molar-refractivity contribution in [2.75, 3.05) is 26.2 Å². The Balaban J connectivity index is 2.00. The Morgan fingerprint density at radius 3 is 2.90 bits per heavy atom. The molecule has 0 spiro atoms. The van der Waals surface area contributed by atoms with Crippen LogP contribution >= 0.6 is 0 Å². The van der Waals surface area contributed by atoms with E-state index >= 15 is 0 Å². The Morgan fingerprint density at radius 1 is 1.50 bits per heavy atom. The Labute approximate surface area is 120 Å². The normalized spacial score (nSPS) is 18.7. The maximum Gasteiger partial charge on any atom is 0.410 e. The van der Waals surface area contributed by atoms with E-state index in [-0.39, 0.29) is 6.09 Å². The number of terminal acetylenes is 1. The molecule has 5 nitrogen and oxygen atoms in total. The van der Waals surface area contributed by atoms with Crippen LogP contribution in [0.4, 0.5) is 4.79 Å². The molecule has 0 saturated carbocycles. The monoisotopic (exact) mass is 275 g/mol. The van der Waals surface area contributed by atoms with Gasteiger partial charge in [-0.1, -0.05) is 5.92 Å². The molecule has 0 aromatic heterocycles. The van der Waals surface area contributed by atoms with Gasteiger partial charge in [-0.15, -0.1) is 6.42 Å². The lowest BCUT2D eigenvalue weighted by atomic mass is 10.1. The van der Waals surface area contributed by atoms with Gasteiger partial charge in [-0.25, -0.2) is 9.79 Å². The molecule has 0 aromatic carbocycles. The first kappa shape index (κ1) is 14.4. The predicted octanol–water partition coefficient (Wildman–Crippen LogP) is 1.86. The lowest BCUT2D eigenvalue weighted by molar-refractivity contribution is 0.0256. The van der Waals surface area contributed by atoms with Crippen molar-refractivity contribution in [3.05, 3.63) is 11.3 Å². The summed E-state index contributed by atoms with van der Waals surface area (Å²) in [7, 11) is 0. The number of nitrogens with zero attached hydrogens (tertiary/aromatic N) is 3. The van der Waals surface area contributed by atoms with Crippen molar-refractivity contribution in [2.45, 2.75) is 32.8 Å². The Kier molecular flexibility index (Phi) is 4.03. The second-order valence-corrected chi connectivity index (χ2v) is 6.06. The van der Waals surface area contributed by atoms with Crippen LogP contribution in [0.2, 0.25) is 0 Å². The molecule has 0 aromatic rings. The van der Waals surface area contributed by atoms with Crippen molar-refractivity contribution in [2.24, 2.45) is 4.99 Å². The van der Waals surface area contributed by atoms with E-state index in [1.807, 2.05) is 25.7 Å². The summed E-state index contributed by atoms with van der Waals surface area (Å²) in [6.45, 7) is 8.12. The van der Waals surface area contributed by atoms with E-state index in [4.69, 9.17) is 11.2 Å². The van der Waals surface area contributed by atoms with Crippen LogP contribution in [0.25, 0.3) is 0 Å². The largest absolute Gasteiger partial charge is 0.444 e. The fraction of sp³-hybridized carbons (Fsp3) is 0.600. The highest BCUT2D eigenvalue weighted by Gasteiger charge is 2.28. The van der Waals surface area contributed by atoms with E-state index in [0.29, 0.717) is 19.6 Å². The fourth-order valence-electron chi connectivity index (χ4n) is 2.25. The van der Waals surface area contributed by atoms with Crippen molar-refractivity contribution >= 4 is 12.4 Å². The summed E-state index contributed by atoms with van der Waals surface area (Å²) in [5, 5.41) is 0. The molecule has 0 unspecified atom stereocenters. The molecule has 108 valence electrons. The highest BCUT2D eigenvalue weighted by molar-refractivity contribution is 5.69. The van der Waals surface area contributed by atoms with Crippen LogP contribution in [-0.4, -0.2) is 54.0 Å². The molecule has 0 fully saturated rings. The first-order chi connectivity index (χ1) is 9.39. The van der Waals surface area contributed by atoms with E-state index in [9.17, 15) is 4.79 Å². The second-order valence-electron chi connectivity index (χ2n) is 6.06. The molecule has 2 aliphatic rings. The van der Waals surface area contributed by atoms with Crippen molar-refractivity contribution in [3.63, 3.8) is 0 Å². The highest BCUT2D eigenvalue weighted by atomic mass is 16.6. The number of aliphatic imine (C=N–C) groups is 1. The van der Waals surface area contributed by atoms with Gasteiger partial charge in [-0.3, -0.25) is 0 Å². The third-order valence-corrected chi connectivity index (χ3v) is 3.13. The van der Waals surface area contributed by atoms with Gasteiger partial charge in [0.1, 0.15) is 5.60 Å². The van der Waals surface area contributed by atoms with Gasteiger partial charge in [-0.05, 0) is 26.3 Å². The van der Waals surface area contributed by atoms with E-state index < -0.39 is 5.60 Å². The number of carbonyl (C=O) groups is 1. The number of rotatable bonds is 1. The van der Waals surface area contributed by atoms with Gasteiger partial charge < -0.3 is 14.5 Å². The molecule has 0 atom stereocenters. The number of carbonyl (C=O) groups excluding carboxylic acids is 1. The third kappa shape index (κ3) is 3.53. The van der Waals surface area contributed by atoms with Crippen LogP contribution in [0, 0.1) is 12.3 Å². The lowest BCUT2D eigenvalue weighted by Gasteiger charge is -2.34. The third-order valence-electron chi connectivity index (χ3n) is 3.13. The van der Waals surface area contributed by atoms with Gasteiger partial charge in [-0.2, -0.15) is 0 Å². The van der Waals surface area contributed by atoms with Crippen molar-refractivity contribution < 1.29 is 9.53 Å². The van der Waals surface area contributed by atoms with Crippen molar-refractivity contribution in [1.82, 2.24) is 9.80 Å². The van der Waals surface area contributed by atoms with Gasteiger partial charge in [0.05, 0.1) is 12.9 Å². The minimum Gasteiger partial charge on any atom is -0.444 e. The maximum absolute atomic E-state index is 12.1. The molecule has 0 bridgehead atoms. The van der Waals surface area contributed by atoms with Crippen LogP contribution in [-0.2, 0) is 4.74 Å². The molecule has 1 amide bonds. The van der Waals surface area contributed by atoms with Crippen LogP contribution in [0.5, 0.6) is 0 Å². The van der Waals surface area contributed by atoms with Crippen molar-refractivity contribution in [1.29, 1.82) is 0 Å². The summed E-state index contributed by atoms with van der Waals surface area (Å²) in [6, 6.07) is 0. The van der Waals surface area contributed by atoms with E-state index in [1.165, 1.54) is 0 Å². The number of ether oxygens (including phenoxy) is 1. The SMILES string of the molecule is C#CCN1C=NC2=C(C1)CN(C(=O)OC(C)(C)C)CC2. The zero-order valence-electron chi connectivity index (χ0n) is 12.3. The summed E-state index contributed by atoms with van der Waals surface area (Å²) in [5.41, 5.74) is 1.77. The van der Waals surface area contributed by atoms with Gasteiger partial charge in [0.25, 0.3) is 0 Å². The first-order valence-corrected chi connectivity index (χ1v) is 6.79. The Morgan fingerprint density at radius 2 is 2.25 bits per heavy atom.